The molecule has 0 heterocycles. The van der Waals surface area contributed by atoms with Crippen molar-refractivity contribution in [2.45, 2.75) is 373 Å². The Morgan fingerprint density at radius 1 is 0.386 bits per heavy atom. The van der Waals surface area contributed by atoms with Crippen LogP contribution in [-0.2, 0) is 14.3 Å². The summed E-state index contributed by atoms with van der Waals surface area (Å²) in [6, 6.07) is -0.544. The Morgan fingerprint density at radius 2 is 0.671 bits per heavy atom. The van der Waals surface area contributed by atoms with Crippen molar-refractivity contribution in [2.24, 2.45) is 0 Å². The van der Waals surface area contributed by atoms with Crippen molar-refractivity contribution in [2.75, 3.05) is 13.2 Å². The first-order valence-corrected chi connectivity index (χ1v) is 31.9. The van der Waals surface area contributed by atoms with Gasteiger partial charge in [0.15, 0.2) is 0 Å². The molecule has 416 valence electrons. The number of carbonyl (C=O) groups excluding carboxylic acids is 2. The maximum atomic E-state index is 12.5. The molecule has 0 saturated carbocycles. The molecule has 0 aromatic carbocycles. The number of hydrogen-bond donors (Lipinski definition) is 3. The zero-order valence-corrected chi connectivity index (χ0v) is 47.5. The van der Waals surface area contributed by atoms with Gasteiger partial charge in [0.1, 0.15) is 0 Å². The van der Waals surface area contributed by atoms with Crippen LogP contribution in [-0.4, -0.2) is 47.4 Å². The van der Waals surface area contributed by atoms with Crippen molar-refractivity contribution in [3.05, 3.63) is 12.2 Å². The summed E-state index contributed by atoms with van der Waals surface area (Å²) in [5, 5.41) is 23.4. The van der Waals surface area contributed by atoms with Crippen molar-refractivity contribution < 1.29 is 24.5 Å². The van der Waals surface area contributed by atoms with Crippen molar-refractivity contribution in [1.82, 2.24) is 5.32 Å². The van der Waals surface area contributed by atoms with E-state index in [2.05, 4.69) is 31.3 Å². The highest BCUT2D eigenvalue weighted by atomic mass is 16.5. The highest BCUT2D eigenvalue weighted by Gasteiger charge is 2.20. The van der Waals surface area contributed by atoms with Gasteiger partial charge in [0.25, 0.3) is 0 Å². The molecule has 0 radical (unpaired) electrons. The van der Waals surface area contributed by atoms with Gasteiger partial charge in [-0.25, -0.2) is 0 Å². The van der Waals surface area contributed by atoms with Crippen LogP contribution < -0.4 is 5.32 Å². The van der Waals surface area contributed by atoms with Gasteiger partial charge in [-0.3, -0.25) is 9.59 Å². The lowest BCUT2D eigenvalue weighted by atomic mass is 10.0. The minimum absolute atomic E-state index is 0.0000344. The molecule has 0 aliphatic heterocycles. The Bertz CT molecular complexity index is 1050. The molecule has 0 spiro atoms. The van der Waals surface area contributed by atoms with Gasteiger partial charge in [-0.15, -0.1) is 0 Å². The van der Waals surface area contributed by atoms with Crippen molar-refractivity contribution >= 4 is 11.9 Å². The summed E-state index contributed by atoms with van der Waals surface area (Å²) < 4.78 is 5.47. The first kappa shape index (κ1) is 68.6. The molecule has 3 N–H and O–H groups in total. The lowest BCUT2D eigenvalue weighted by Crippen LogP contribution is -2.45. The minimum Gasteiger partial charge on any atom is -0.466 e. The fourth-order valence-electron chi connectivity index (χ4n) is 10.2. The van der Waals surface area contributed by atoms with Gasteiger partial charge < -0.3 is 20.3 Å². The Morgan fingerprint density at radius 3 is 1.04 bits per heavy atom. The van der Waals surface area contributed by atoms with E-state index in [1.165, 1.54) is 283 Å². The Balaban J connectivity index is 3.40. The average molecular weight is 989 g/mol. The highest BCUT2D eigenvalue weighted by molar-refractivity contribution is 5.76. The number of amides is 1. The topological polar surface area (TPSA) is 95.9 Å². The first-order chi connectivity index (χ1) is 34.5. The molecule has 6 nitrogen and oxygen atoms in total. The second-order valence-corrected chi connectivity index (χ2v) is 22.1. The van der Waals surface area contributed by atoms with Gasteiger partial charge in [-0.05, 0) is 51.4 Å². The van der Waals surface area contributed by atoms with Gasteiger partial charge >= 0.3 is 5.97 Å². The maximum Gasteiger partial charge on any atom is 0.305 e. The summed E-state index contributed by atoms with van der Waals surface area (Å²) >= 11 is 0. The molecule has 6 heteroatoms. The van der Waals surface area contributed by atoms with E-state index in [1.807, 2.05) is 0 Å². The van der Waals surface area contributed by atoms with E-state index >= 15 is 0 Å². The number of aliphatic hydroxyl groups is 2. The molecule has 0 bridgehead atoms. The number of ether oxygens (including phenoxy) is 1. The lowest BCUT2D eigenvalue weighted by Gasteiger charge is -2.22. The number of rotatable bonds is 60. The third-order valence-electron chi connectivity index (χ3n) is 15.1. The van der Waals surface area contributed by atoms with Crippen LogP contribution in [0.1, 0.15) is 361 Å². The van der Waals surface area contributed by atoms with Gasteiger partial charge in [0.2, 0.25) is 5.91 Å². The van der Waals surface area contributed by atoms with Crippen LogP contribution in [0.5, 0.6) is 0 Å². The second kappa shape index (κ2) is 60.2. The second-order valence-electron chi connectivity index (χ2n) is 22.1. The van der Waals surface area contributed by atoms with E-state index in [0.29, 0.717) is 25.9 Å². The monoisotopic (exact) mass is 988 g/mol. The zero-order chi connectivity index (χ0) is 50.7. The normalized spacial score (nSPS) is 12.6. The zero-order valence-electron chi connectivity index (χ0n) is 47.5. The van der Waals surface area contributed by atoms with E-state index in [1.54, 1.807) is 0 Å². The number of aliphatic hydroxyl groups excluding tert-OH is 2. The quantitative estimate of drug-likeness (QED) is 0.0321. The van der Waals surface area contributed by atoms with E-state index in [0.717, 1.165) is 44.9 Å². The predicted molar refractivity (Wildman–Crippen MR) is 306 cm³/mol. The molecule has 0 aliphatic rings. The van der Waals surface area contributed by atoms with Crippen LogP contribution in [0.2, 0.25) is 0 Å². The fraction of sp³-hybridized carbons (Fsp3) is 0.938. The molecular weight excluding hydrogens is 863 g/mol. The first-order valence-electron chi connectivity index (χ1n) is 31.9. The Hall–Kier alpha value is -1.40. The van der Waals surface area contributed by atoms with Crippen molar-refractivity contribution in [3.63, 3.8) is 0 Å². The van der Waals surface area contributed by atoms with E-state index < -0.39 is 12.1 Å². The van der Waals surface area contributed by atoms with E-state index in [4.69, 9.17) is 4.74 Å². The summed E-state index contributed by atoms with van der Waals surface area (Å²) in [6.07, 6.45) is 72.2. The molecule has 70 heavy (non-hydrogen) atoms. The number of esters is 1. The van der Waals surface area contributed by atoms with E-state index in [-0.39, 0.29) is 18.5 Å². The number of carbonyl (C=O) groups is 2. The van der Waals surface area contributed by atoms with E-state index in [9.17, 15) is 19.8 Å². The van der Waals surface area contributed by atoms with Crippen molar-refractivity contribution in [1.29, 1.82) is 0 Å². The smallest absolute Gasteiger partial charge is 0.305 e. The SMILES string of the molecule is CCCCC/C=C\CCCCCCCC(=O)OCCCCCCCCCCCCCCCCCCCCCC(=O)NC(CO)C(O)CCCCCCCCCCCCCCCCCCCCCCCC. The van der Waals surface area contributed by atoms with Crippen molar-refractivity contribution in [3.8, 4) is 0 Å². The van der Waals surface area contributed by atoms with Crippen LogP contribution in [0.25, 0.3) is 0 Å². The summed E-state index contributed by atoms with van der Waals surface area (Å²) in [7, 11) is 0. The molecule has 2 atom stereocenters. The summed E-state index contributed by atoms with van der Waals surface area (Å²) in [4.78, 5) is 24.5. The minimum atomic E-state index is -0.667. The number of allylic oxidation sites excluding steroid dienone is 2. The van der Waals surface area contributed by atoms with Crippen LogP contribution >= 0.6 is 0 Å². The molecule has 2 unspecified atom stereocenters. The number of nitrogens with one attached hydrogen (secondary N) is 1. The summed E-state index contributed by atoms with van der Waals surface area (Å²) in [5.74, 6) is -0.0337. The molecule has 0 aromatic rings. The largest absolute Gasteiger partial charge is 0.466 e. The third kappa shape index (κ3) is 55.9. The maximum absolute atomic E-state index is 12.5. The molecule has 0 fully saturated rings. The Labute approximate surface area is 438 Å². The van der Waals surface area contributed by atoms with Gasteiger partial charge in [0.05, 0.1) is 25.4 Å². The van der Waals surface area contributed by atoms with Gasteiger partial charge in [-0.1, -0.05) is 309 Å². The molecule has 0 aromatic heterocycles. The number of unbranched alkanes of at least 4 members (excludes halogenated alkanes) is 47. The molecule has 0 saturated heterocycles. The van der Waals surface area contributed by atoms with Crippen LogP contribution in [0.4, 0.5) is 0 Å². The van der Waals surface area contributed by atoms with Crippen LogP contribution in [0, 0.1) is 0 Å². The average Bonchev–Trinajstić information content (AvgIpc) is 3.36. The van der Waals surface area contributed by atoms with Crippen LogP contribution in [0.15, 0.2) is 12.2 Å². The molecule has 0 aliphatic carbocycles. The molecule has 1 amide bonds. The van der Waals surface area contributed by atoms with Gasteiger partial charge in [0, 0.05) is 12.8 Å². The van der Waals surface area contributed by atoms with Gasteiger partial charge in [-0.2, -0.15) is 0 Å². The third-order valence-corrected chi connectivity index (χ3v) is 15.1. The molecular formula is C64H125NO5. The predicted octanol–water partition coefficient (Wildman–Crippen LogP) is 20.0. The molecule has 0 rings (SSSR count). The Kier molecular flexibility index (Phi) is 59.0. The fourth-order valence-corrected chi connectivity index (χ4v) is 10.2. The lowest BCUT2D eigenvalue weighted by molar-refractivity contribution is -0.143. The standard InChI is InChI=1S/C64H125NO5/c1-3-5-7-9-11-13-15-17-18-19-20-21-22-24-27-30-33-36-40-44-48-52-56-62(67)61(60-66)65-63(68)57-53-49-45-41-37-34-31-28-25-23-26-29-32-35-39-43-47-51-55-59-70-64(69)58-54-50-46-42-38-16-14-12-10-8-6-4-2/h12,14,61-62,66-67H,3-11,13,15-60H2,1-2H3,(H,65,68)/b14-12-. The summed E-state index contributed by atoms with van der Waals surface area (Å²) in [6.45, 7) is 4.95. The summed E-state index contributed by atoms with van der Waals surface area (Å²) in [5.41, 5.74) is 0. The number of hydrogen-bond acceptors (Lipinski definition) is 5. The highest BCUT2D eigenvalue weighted by Crippen LogP contribution is 2.18. The van der Waals surface area contributed by atoms with Crippen LogP contribution in [0.3, 0.4) is 0 Å².